The Morgan fingerprint density at radius 2 is 1.64 bits per heavy atom. The van der Waals surface area contributed by atoms with Gasteiger partial charge in [-0.25, -0.2) is 27.7 Å². The SMILES string of the molecule is CCCc1nc(SC(F)F)c(C(=O)O)n1Cc1ccc(-c2ccccc2S(=O)(=O)NC(=O)NCc2ccccc2)cc1. The van der Waals surface area contributed by atoms with Gasteiger partial charge in [0.1, 0.15) is 10.9 Å². The molecule has 0 spiro atoms. The van der Waals surface area contributed by atoms with E-state index in [2.05, 4.69) is 10.3 Å². The van der Waals surface area contributed by atoms with E-state index in [-0.39, 0.29) is 40.5 Å². The zero-order chi connectivity index (χ0) is 30.3. The predicted octanol–water partition coefficient (Wildman–Crippen LogP) is 5.75. The van der Waals surface area contributed by atoms with Crippen LogP contribution in [0.15, 0.2) is 88.8 Å². The Morgan fingerprint density at radius 1 is 0.976 bits per heavy atom. The molecule has 0 aliphatic heterocycles. The number of amides is 2. The average molecular weight is 615 g/mol. The molecule has 0 unspecified atom stereocenters. The summed E-state index contributed by atoms with van der Waals surface area (Å²) in [4.78, 5) is 28.4. The molecule has 3 aromatic carbocycles. The molecule has 0 radical (unpaired) electrons. The van der Waals surface area contributed by atoms with Crippen LogP contribution in [0.1, 0.15) is 40.8 Å². The van der Waals surface area contributed by atoms with E-state index in [0.717, 1.165) is 5.56 Å². The number of aromatic carboxylic acids is 1. The van der Waals surface area contributed by atoms with Crippen LogP contribution in [0.5, 0.6) is 0 Å². The van der Waals surface area contributed by atoms with Crippen LogP contribution in [0, 0.1) is 0 Å². The van der Waals surface area contributed by atoms with Crippen LogP contribution >= 0.6 is 11.8 Å². The highest BCUT2D eigenvalue weighted by Crippen LogP contribution is 2.31. The molecule has 0 atom stereocenters. The fourth-order valence-corrected chi connectivity index (χ4v) is 6.13. The number of carboxylic acids is 1. The molecule has 220 valence electrons. The van der Waals surface area contributed by atoms with Crippen LogP contribution < -0.4 is 10.0 Å². The lowest BCUT2D eigenvalue weighted by Gasteiger charge is -2.14. The minimum atomic E-state index is -4.24. The molecule has 42 heavy (non-hydrogen) atoms. The number of halogens is 2. The summed E-state index contributed by atoms with van der Waals surface area (Å²) in [5, 5.41) is 12.1. The quantitative estimate of drug-likeness (QED) is 0.173. The highest BCUT2D eigenvalue weighted by molar-refractivity contribution is 7.99. The minimum Gasteiger partial charge on any atom is -0.476 e. The highest BCUT2D eigenvalue weighted by atomic mass is 32.2. The fraction of sp³-hybridized carbons (Fsp3) is 0.207. The summed E-state index contributed by atoms with van der Waals surface area (Å²) in [5.74, 6) is -3.79. The second kappa shape index (κ2) is 13.6. The van der Waals surface area contributed by atoms with Crippen LogP contribution in [-0.4, -0.2) is 40.8 Å². The van der Waals surface area contributed by atoms with Crippen LogP contribution in [0.3, 0.4) is 0 Å². The molecule has 0 aliphatic carbocycles. The number of carbonyl (C=O) groups excluding carboxylic acids is 1. The van der Waals surface area contributed by atoms with Gasteiger partial charge in [-0.15, -0.1) is 0 Å². The Kier molecular flexibility index (Phi) is 9.96. The van der Waals surface area contributed by atoms with Crippen molar-refractivity contribution in [1.82, 2.24) is 19.6 Å². The van der Waals surface area contributed by atoms with Crippen LogP contribution in [0.25, 0.3) is 11.1 Å². The number of aryl methyl sites for hydroxylation is 1. The Balaban J connectivity index is 1.56. The number of benzene rings is 3. The molecule has 3 N–H and O–H groups in total. The van der Waals surface area contributed by atoms with Gasteiger partial charge in [-0.05, 0) is 40.9 Å². The Hall–Kier alpha value is -4.23. The first-order valence-corrected chi connectivity index (χ1v) is 15.3. The molecule has 9 nitrogen and oxygen atoms in total. The maximum absolute atomic E-state index is 13.1. The van der Waals surface area contributed by atoms with Gasteiger partial charge in [-0.1, -0.05) is 79.7 Å². The minimum absolute atomic E-state index is 0.0666. The number of hydrogen-bond donors (Lipinski definition) is 3. The van der Waals surface area contributed by atoms with Gasteiger partial charge >= 0.3 is 12.0 Å². The van der Waals surface area contributed by atoms with Crippen molar-refractivity contribution in [2.75, 3.05) is 0 Å². The van der Waals surface area contributed by atoms with Gasteiger partial charge in [-0.3, -0.25) is 0 Å². The average Bonchev–Trinajstić information content (AvgIpc) is 3.28. The lowest BCUT2D eigenvalue weighted by Crippen LogP contribution is -2.39. The summed E-state index contributed by atoms with van der Waals surface area (Å²) < 4.78 is 55.9. The van der Waals surface area contributed by atoms with Crippen molar-refractivity contribution >= 4 is 33.8 Å². The van der Waals surface area contributed by atoms with E-state index >= 15 is 0 Å². The zero-order valence-electron chi connectivity index (χ0n) is 22.5. The van der Waals surface area contributed by atoms with E-state index < -0.39 is 27.8 Å². The van der Waals surface area contributed by atoms with Crippen molar-refractivity contribution in [2.24, 2.45) is 0 Å². The first-order chi connectivity index (χ1) is 20.1. The summed E-state index contributed by atoms with van der Waals surface area (Å²) in [5.41, 5.74) is 2.05. The van der Waals surface area contributed by atoms with Crippen LogP contribution in [-0.2, 0) is 29.5 Å². The third-order valence-electron chi connectivity index (χ3n) is 6.20. The normalized spacial score (nSPS) is 11.4. The number of alkyl halides is 2. The third kappa shape index (κ3) is 7.53. The molecule has 4 aromatic rings. The molecule has 0 saturated heterocycles. The summed E-state index contributed by atoms with van der Waals surface area (Å²) >= 11 is 0.0969. The van der Waals surface area contributed by atoms with Gasteiger partial charge in [-0.2, -0.15) is 8.78 Å². The molecule has 0 aliphatic rings. The molecule has 13 heteroatoms. The second-order valence-electron chi connectivity index (χ2n) is 9.17. The van der Waals surface area contributed by atoms with E-state index in [1.165, 1.54) is 10.6 Å². The number of aromatic nitrogens is 2. The second-order valence-corrected chi connectivity index (χ2v) is 11.8. The van der Waals surface area contributed by atoms with Crippen LogP contribution in [0.4, 0.5) is 13.6 Å². The van der Waals surface area contributed by atoms with E-state index in [1.807, 2.05) is 29.8 Å². The first-order valence-electron chi connectivity index (χ1n) is 12.9. The van der Waals surface area contributed by atoms with Gasteiger partial charge < -0.3 is 15.0 Å². The van der Waals surface area contributed by atoms with E-state index in [1.54, 1.807) is 54.6 Å². The lowest BCUT2D eigenvalue weighted by molar-refractivity contribution is 0.0681. The number of hydrogen-bond acceptors (Lipinski definition) is 6. The van der Waals surface area contributed by atoms with Crippen molar-refractivity contribution < 1.29 is 31.9 Å². The summed E-state index contributed by atoms with van der Waals surface area (Å²) in [6, 6.07) is 21.1. The molecule has 0 saturated carbocycles. The molecule has 2 amide bonds. The summed E-state index contributed by atoms with van der Waals surface area (Å²) in [6.07, 6.45) is 1.04. The maximum atomic E-state index is 13.1. The smallest absolute Gasteiger partial charge is 0.355 e. The molecule has 0 fully saturated rings. The van der Waals surface area contributed by atoms with Gasteiger partial charge in [0.05, 0.1) is 4.90 Å². The molecule has 4 rings (SSSR count). The van der Waals surface area contributed by atoms with Crippen molar-refractivity contribution in [2.45, 2.75) is 48.5 Å². The van der Waals surface area contributed by atoms with Gasteiger partial charge in [0.15, 0.2) is 5.69 Å². The molecule has 0 bridgehead atoms. The number of sulfonamides is 1. The van der Waals surface area contributed by atoms with Gasteiger partial charge in [0, 0.05) is 25.1 Å². The Morgan fingerprint density at radius 3 is 2.29 bits per heavy atom. The molecular formula is C29H28F2N4O5S2. The number of thioether (sulfide) groups is 1. The van der Waals surface area contributed by atoms with Gasteiger partial charge in [0.2, 0.25) is 0 Å². The first kappa shape index (κ1) is 30.7. The number of carbonyl (C=O) groups is 2. The van der Waals surface area contributed by atoms with Crippen molar-refractivity contribution in [1.29, 1.82) is 0 Å². The summed E-state index contributed by atoms with van der Waals surface area (Å²) in [6.45, 7) is 2.09. The maximum Gasteiger partial charge on any atom is 0.355 e. The van der Waals surface area contributed by atoms with E-state index in [0.29, 0.717) is 35.4 Å². The number of carboxylic acid groups (broad SMARTS) is 1. The largest absolute Gasteiger partial charge is 0.476 e. The lowest BCUT2D eigenvalue weighted by atomic mass is 10.0. The van der Waals surface area contributed by atoms with E-state index in [4.69, 9.17) is 0 Å². The Labute approximate surface area is 246 Å². The Bertz CT molecular complexity index is 1660. The topological polar surface area (TPSA) is 130 Å². The molecular weight excluding hydrogens is 586 g/mol. The fourth-order valence-electron chi connectivity index (χ4n) is 4.34. The number of rotatable bonds is 12. The standard InChI is InChI=1S/C29H28F2N4O5S2/c1-2-8-24-33-26(41-28(30)31)25(27(36)37)35(24)18-20-13-15-21(16-14-20)22-11-6-7-12-23(22)42(39,40)34-29(38)32-17-19-9-4-3-5-10-19/h3-7,9-16,28H,2,8,17-18H2,1H3,(H,36,37)(H2,32,34,38). The van der Waals surface area contributed by atoms with E-state index in [9.17, 15) is 31.9 Å². The number of nitrogens with one attached hydrogen (secondary N) is 2. The third-order valence-corrected chi connectivity index (χ3v) is 8.27. The van der Waals surface area contributed by atoms with Crippen molar-refractivity contribution in [3.63, 3.8) is 0 Å². The highest BCUT2D eigenvalue weighted by Gasteiger charge is 2.26. The predicted molar refractivity (Wildman–Crippen MR) is 155 cm³/mol. The monoisotopic (exact) mass is 614 g/mol. The van der Waals surface area contributed by atoms with Crippen LogP contribution in [0.2, 0.25) is 0 Å². The molecule has 1 aromatic heterocycles. The van der Waals surface area contributed by atoms with Crippen molar-refractivity contribution in [3.05, 3.63) is 102 Å². The zero-order valence-corrected chi connectivity index (χ0v) is 24.1. The number of urea groups is 1. The van der Waals surface area contributed by atoms with Crippen molar-refractivity contribution in [3.8, 4) is 11.1 Å². The number of imidazole rings is 1. The number of nitrogens with zero attached hydrogens (tertiary/aromatic N) is 2. The van der Waals surface area contributed by atoms with Gasteiger partial charge in [0.25, 0.3) is 15.8 Å². The molecule has 1 heterocycles. The summed E-state index contributed by atoms with van der Waals surface area (Å²) in [7, 11) is -4.24.